The average Bonchev–Trinajstić information content (AvgIpc) is 2.51. The van der Waals surface area contributed by atoms with Gasteiger partial charge in [-0.3, -0.25) is 0 Å². The molecule has 1 N–H and O–H groups in total. The Balaban J connectivity index is 2.08. The van der Waals surface area contributed by atoms with Crippen molar-refractivity contribution in [1.82, 2.24) is 9.88 Å². The van der Waals surface area contributed by atoms with E-state index in [4.69, 9.17) is 16.9 Å². The van der Waals surface area contributed by atoms with E-state index in [1.807, 2.05) is 30.3 Å². The molecule has 0 atom stereocenters. The average molecular weight is 333 g/mol. The molecule has 2 rings (SSSR count). The number of nitrogens with zero attached hydrogens (tertiary/aromatic N) is 3. The molecule has 0 saturated heterocycles. The summed E-state index contributed by atoms with van der Waals surface area (Å²) in [5.74, 6) is 0. The van der Waals surface area contributed by atoms with Crippen LogP contribution in [0.4, 0.5) is 10.5 Å². The first kappa shape index (κ1) is 16.1. The van der Waals surface area contributed by atoms with Gasteiger partial charge in [-0.2, -0.15) is 5.26 Å². The highest BCUT2D eigenvalue weighted by Crippen LogP contribution is 2.28. The summed E-state index contributed by atoms with van der Waals surface area (Å²) < 4.78 is 0. The summed E-state index contributed by atoms with van der Waals surface area (Å²) in [7, 11) is 3.36. The number of hydrogen-bond donors (Lipinski definition) is 1. The molecule has 1 aromatic heterocycles. The lowest BCUT2D eigenvalue weighted by Crippen LogP contribution is -2.27. The zero-order valence-corrected chi connectivity index (χ0v) is 13.6. The number of carbonyl (C=O) groups is 1. The number of amides is 2. The number of hydrogen-bond acceptors (Lipinski definition) is 4. The minimum Gasteiger partial charge on any atom is -0.331 e. The number of aromatic nitrogens is 1. The van der Waals surface area contributed by atoms with E-state index in [0.717, 1.165) is 4.90 Å². The van der Waals surface area contributed by atoms with E-state index in [1.54, 1.807) is 26.2 Å². The fourth-order valence-electron chi connectivity index (χ4n) is 1.52. The van der Waals surface area contributed by atoms with E-state index in [-0.39, 0.29) is 11.7 Å². The van der Waals surface area contributed by atoms with Crippen LogP contribution in [0.5, 0.6) is 0 Å². The number of benzene rings is 1. The molecule has 5 nitrogen and oxygen atoms in total. The summed E-state index contributed by atoms with van der Waals surface area (Å²) in [5.41, 5.74) is 0.923. The van der Waals surface area contributed by atoms with Gasteiger partial charge in [0.2, 0.25) is 0 Å². The molecule has 0 unspecified atom stereocenters. The SMILES string of the molecule is CN(C)C(=O)Nc1ccc(Sc2ccc(Cl)c(C#N)n2)cc1. The van der Waals surface area contributed by atoms with Gasteiger partial charge in [-0.1, -0.05) is 23.4 Å². The third kappa shape index (κ3) is 4.13. The molecule has 0 aliphatic carbocycles. The Kier molecular flexibility index (Phi) is 5.26. The summed E-state index contributed by atoms with van der Waals surface area (Å²) in [6.45, 7) is 0. The summed E-state index contributed by atoms with van der Waals surface area (Å²) in [6.07, 6.45) is 0. The maximum atomic E-state index is 11.5. The number of carbonyl (C=O) groups excluding carboxylic acids is 1. The van der Waals surface area contributed by atoms with E-state index in [0.29, 0.717) is 15.7 Å². The van der Waals surface area contributed by atoms with Gasteiger partial charge in [-0.05, 0) is 36.4 Å². The largest absolute Gasteiger partial charge is 0.331 e. The Labute approximate surface area is 137 Å². The molecule has 0 fully saturated rings. The maximum absolute atomic E-state index is 11.5. The van der Waals surface area contributed by atoms with E-state index in [2.05, 4.69) is 10.3 Å². The molecule has 2 aromatic rings. The van der Waals surface area contributed by atoms with Crippen LogP contribution in [-0.4, -0.2) is 30.0 Å². The molecule has 2 amide bonds. The summed E-state index contributed by atoms with van der Waals surface area (Å²) in [6, 6.07) is 12.6. The molecule has 22 heavy (non-hydrogen) atoms. The minimum atomic E-state index is -0.182. The molecule has 0 radical (unpaired) electrons. The minimum absolute atomic E-state index is 0.182. The monoisotopic (exact) mass is 332 g/mol. The van der Waals surface area contributed by atoms with Crippen LogP contribution >= 0.6 is 23.4 Å². The molecule has 1 aromatic carbocycles. The molecule has 0 aliphatic rings. The van der Waals surface area contributed by atoms with E-state index < -0.39 is 0 Å². The number of nitriles is 1. The number of urea groups is 1. The number of anilines is 1. The fourth-order valence-corrected chi connectivity index (χ4v) is 2.46. The first-order valence-electron chi connectivity index (χ1n) is 6.32. The van der Waals surface area contributed by atoms with Gasteiger partial charge in [0.05, 0.1) is 5.02 Å². The lowest BCUT2D eigenvalue weighted by molar-refractivity contribution is 0.230. The molecule has 1 heterocycles. The van der Waals surface area contributed by atoms with Crippen LogP contribution in [0.25, 0.3) is 0 Å². The van der Waals surface area contributed by atoms with Crippen molar-refractivity contribution in [2.45, 2.75) is 9.92 Å². The molecular weight excluding hydrogens is 320 g/mol. The molecule has 112 valence electrons. The number of rotatable bonds is 3. The van der Waals surface area contributed by atoms with Gasteiger partial charge in [0.1, 0.15) is 11.1 Å². The molecule has 7 heteroatoms. The van der Waals surface area contributed by atoms with Crippen LogP contribution in [0.15, 0.2) is 46.3 Å². The van der Waals surface area contributed by atoms with E-state index in [1.165, 1.54) is 16.7 Å². The van der Waals surface area contributed by atoms with Crippen molar-refractivity contribution >= 4 is 35.1 Å². The predicted octanol–water partition coefficient (Wildman–Crippen LogP) is 3.85. The number of pyridine rings is 1. The molecule has 0 spiro atoms. The highest BCUT2D eigenvalue weighted by Gasteiger charge is 2.06. The topological polar surface area (TPSA) is 69.0 Å². The van der Waals surface area contributed by atoms with Crippen LogP contribution in [-0.2, 0) is 0 Å². The second kappa shape index (κ2) is 7.16. The maximum Gasteiger partial charge on any atom is 0.321 e. The zero-order chi connectivity index (χ0) is 16.1. The van der Waals surface area contributed by atoms with E-state index >= 15 is 0 Å². The Hall–Kier alpha value is -2.23. The van der Waals surface area contributed by atoms with Gasteiger partial charge in [-0.15, -0.1) is 0 Å². The lowest BCUT2D eigenvalue weighted by Gasteiger charge is -2.12. The Morgan fingerprint density at radius 1 is 1.27 bits per heavy atom. The zero-order valence-electron chi connectivity index (χ0n) is 12.0. The molecule has 0 bridgehead atoms. The Bertz CT molecular complexity index is 725. The number of nitrogens with one attached hydrogen (secondary N) is 1. The van der Waals surface area contributed by atoms with Crippen molar-refractivity contribution in [2.24, 2.45) is 0 Å². The highest BCUT2D eigenvalue weighted by molar-refractivity contribution is 7.99. The third-order valence-electron chi connectivity index (χ3n) is 2.66. The number of halogens is 1. The van der Waals surface area contributed by atoms with Crippen molar-refractivity contribution in [2.75, 3.05) is 19.4 Å². The first-order chi connectivity index (χ1) is 10.5. The van der Waals surface area contributed by atoms with Crippen LogP contribution in [0.2, 0.25) is 5.02 Å². The van der Waals surface area contributed by atoms with Gasteiger partial charge in [0.15, 0.2) is 5.69 Å². The fraction of sp³-hybridized carbons (Fsp3) is 0.133. The van der Waals surface area contributed by atoms with Gasteiger partial charge in [-0.25, -0.2) is 9.78 Å². The normalized spacial score (nSPS) is 9.91. The Morgan fingerprint density at radius 2 is 1.95 bits per heavy atom. The third-order valence-corrected chi connectivity index (χ3v) is 3.91. The Morgan fingerprint density at radius 3 is 2.55 bits per heavy atom. The molecule has 0 saturated carbocycles. The van der Waals surface area contributed by atoms with Crippen molar-refractivity contribution in [3.05, 3.63) is 47.1 Å². The van der Waals surface area contributed by atoms with E-state index in [9.17, 15) is 4.79 Å². The second-order valence-electron chi connectivity index (χ2n) is 4.54. The first-order valence-corrected chi connectivity index (χ1v) is 7.52. The van der Waals surface area contributed by atoms with Crippen molar-refractivity contribution in [3.8, 4) is 6.07 Å². The summed E-state index contributed by atoms with van der Waals surface area (Å²) >= 11 is 7.27. The van der Waals surface area contributed by atoms with Gasteiger partial charge in [0.25, 0.3) is 0 Å². The van der Waals surface area contributed by atoms with Crippen molar-refractivity contribution in [1.29, 1.82) is 5.26 Å². The second-order valence-corrected chi connectivity index (χ2v) is 6.04. The van der Waals surface area contributed by atoms with Crippen LogP contribution in [0.3, 0.4) is 0 Å². The van der Waals surface area contributed by atoms with Gasteiger partial charge < -0.3 is 10.2 Å². The van der Waals surface area contributed by atoms with Crippen LogP contribution < -0.4 is 5.32 Å². The van der Waals surface area contributed by atoms with Gasteiger partial charge in [0, 0.05) is 24.7 Å². The molecular formula is C15H13ClN4OS. The summed E-state index contributed by atoms with van der Waals surface area (Å²) in [4.78, 5) is 18.1. The van der Waals surface area contributed by atoms with Crippen molar-refractivity contribution < 1.29 is 4.79 Å². The lowest BCUT2D eigenvalue weighted by atomic mass is 10.3. The smallest absolute Gasteiger partial charge is 0.321 e. The van der Waals surface area contributed by atoms with Crippen LogP contribution in [0, 0.1) is 11.3 Å². The summed E-state index contributed by atoms with van der Waals surface area (Å²) in [5, 5.41) is 12.7. The van der Waals surface area contributed by atoms with Crippen LogP contribution in [0.1, 0.15) is 5.69 Å². The van der Waals surface area contributed by atoms with Crippen molar-refractivity contribution in [3.63, 3.8) is 0 Å². The quantitative estimate of drug-likeness (QED) is 0.926. The standard InChI is InChI=1S/C15H13ClN4OS/c1-20(2)15(21)18-10-3-5-11(6-4-10)22-14-8-7-12(16)13(9-17)19-14/h3-8H,1-2H3,(H,18,21). The predicted molar refractivity (Wildman–Crippen MR) is 87.2 cm³/mol. The molecule has 0 aliphatic heterocycles. The highest BCUT2D eigenvalue weighted by atomic mass is 35.5. The van der Waals surface area contributed by atoms with Gasteiger partial charge >= 0.3 is 6.03 Å².